The lowest BCUT2D eigenvalue weighted by molar-refractivity contribution is 0.628. The molecule has 114 valence electrons. The molecule has 0 aliphatic heterocycles. The van der Waals surface area contributed by atoms with E-state index in [2.05, 4.69) is 22.3 Å². The molecule has 0 fully saturated rings. The van der Waals surface area contributed by atoms with E-state index in [1.165, 1.54) is 31.4 Å². The number of hydrogen-bond donors (Lipinski definition) is 0. The predicted molar refractivity (Wildman–Crippen MR) is 93.1 cm³/mol. The fraction of sp³-hybridized carbons (Fsp3) is 0.294. The molecule has 0 saturated heterocycles. The SMILES string of the molecule is CCCCCSc1ncnc2scc(-c3ccc(F)cc3)c12. The van der Waals surface area contributed by atoms with E-state index >= 15 is 0 Å². The van der Waals surface area contributed by atoms with E-state index in [1.54, 1.807) is 29.4 Å². The molecule has 3 rings (SSSR count). The number of hydrogen-bond acceptors (Lipinski definition) is 4. The second-order valence-corrected chi connectivity index (χ2v) is 7.01. The maximum Gasteiger partial charge on any atom is 0.128 e. The fourth-order valence-corrected chi connectivity index (χ4v) is 4.31. The van der Waals surface area contributed by atoms with Gasteiger partial charge in [0.15, 0.2) is 0 Å². The van der Waals surface area contributed by atoms with Gasteiger partial charge in [-0.2, -0.15) is 0 Å². The molecule has 0 atom stereocenters. The molecule has 2 heterocycles. The number of nitrogens with zero attached hydrogens (tertiary/aromatic N) is 2. The minimum Gasteiger partial charge on any atom is -0.229 e. The Morgan fingerprint density at radius 2 is 1.95 bits per heavy atom. The van der Waals surface area contributed by atoms with Crippen molar-refractivity contribution in [1.82, 2.24) is 9.97 Å². The van der Waals surface area contributed by atoms with E-state index in [0.29, 0.717) is 0 Å². The van der Waals surface area contributed by atoms with E-state index < -0.39 is 0 Å². The molecule has 3 aromatic rings. The van der Waals surface area contributed by atoms with Crippen molar-refractivity contribution in [2.24, 2.45) is 0 Å². The van der Waals surface area contributed by atoms with Crippen molar-refractivity contribution in [1.29, 1.82) is 0 Å². The Labute approximate surface area is 137 Å². The number of thiophene rings is 1. The zero-order chi connectivity index (χ0) is 15.4. The van der Waals surface area contributed by atoms with Gasteiger partial charge in [0.1, 0.15) is 22.0 Å². The lowest BCUT2D eigenvalue weighted by Crippen LogP contribution is -1.88. The van der Waals surface area contributed by atoms with Crippen LogP contribution in [0.3, 0.4) is 0 Å². The third-order valence-electron chi connectivity index (χ3n) is 3.48. The first kappa shape index (κ1) is 15.4. The summed E-state index contributed by atoms with van der Waals surface area (Å²) < 4.78 is 13.1. The van der Waals surface area contributed by atoms with Crippen LogP contribution >= 0.6 is 23.1 Å². The summed E-state index contributed by atoms with van der Waals surface area (Å²) in [5.74, 6) is 0.854. The summed E-state index contributed by atoms with van der Waals surface area (Å²) in [6, 6.07) is 6.62. The molecule has 0 spiro atoms. The van der Waals surface area contributed by atoms with Gasteiger partial charge in [0.25, 0.3) is 0 Å². The summed E-state index contributed by atoms with van der Waals surface area (Å²) in [4.78, 5) is 9.83. The molecule has 5 heteroatoms. The quantitative estimate of drug-likeness (QED) is 0.325. The zero-order valence-electron chi connectivity index (χ0n) is 12.4. The van der Waals surface area contributed by atoms with Gasteiger partial charge >= 0.3 is 0 Å². The molecule has 0 amide bonds. The molecule has 0 radical (unpaired) electrons. The van der Waals surface area contributed by atoms with Crippen molar-refractivity contribution in [2.75, 3.05) is 5.75 Å². The first-order valence-corrected chi connectivity index (χ1v) is 9.27. The van der Waals surface area contributed by atoms with Crippen LogP contribution in [0.5, 0.6) is 0 Å². The summed E-state index contributed by atoms with van der Waals surface area (Å²) in [5.41, 5.74) is 2.11. The topological polar surface area (TPSA) is 25.8 Å². The number of fused-ring (bicyclic) bond motifs is 1. The zero-order valence-corrected chi connectivity index (χ0v) is 14.0. The highest BCUT2D eigenvalue weighted by Gasteiger charge is 2.13. The van der Waals surface area contributed by atoms with Crippen LogP contribution in [0.4, 0.5) is 4.39 Å². The Bertz CT molecular complexity index is 753. The monoisotopic (exact) mass is 332 g/mol. The summed E-state index contributed by atoms with van der Waals surface area (Å²) in [6.07, 6.45) is 5.30. The Morgan fingerprint density at radius 3 is 2.73 bits per heavy atom. The maximum atomic E-state index is 13.1. The number of rotatable bonds is 6. The Hall–Kier alpha value is -1.46. The van der Waals surface area contributed by atoms with Crippen LogP contribution in [-0.4, -0.2) is 15.7 Å². The lowest BCUT2D eigenvalue weighted by atomic mass is 10.1. The maximum absolute atomic E-state index is 13.1. The molecule has 0 unspecified atom stereocenters. The highest BCUT2D eigenvalue weighted by atomic mass is 32.2. The van der Waals surface area contributed by atoms with Crippen LogP contribution in [0.15, 0.2) is 41.0 Å². The van der Waals surface area contributed by atoms with Crippen molar-refractivity contribution in [3.05, 3.63) is 41.8 Å². The van der Waals surface area contributed by atoms with Gasteiger partial charge in [-0.15, -0.1) is 23.1 Å². The molecule has 22 heavy (non-hydrogen) atoms. The number of halogens is 1. The van der Waals surface area contributed by atoms with Crippen LogP contribution in [-0.2, 0) is 0 Å². The van der Waals surface area contributed by atoms with Crippen molar-refractivity contribution < 1.29 is 4.39 Å². The molecule has 0 saturated carbocycles. The predicted octanol–water partition coefficient (Wildman–Crippen LogP) is 5.78. The minimum atomic E-state index is -0.214. The third kappa shape index (κ3) is 3.31. The van der Waals surface area contributed by atoms with Crippen molar-refractivity contribution >= 4 is 33.3 Å². The molecular weight excluding hydrogens is 315 g/mol. The molecule has 2 nitrogen and oxygen atoms in total. The van der Waals surface area contributed by atoms with E-state index in [4.69, 9.17) is 0 Å². The molecule has 0 bridgehead atoms. The van der Waals surface area contributed by atoms with Crippen molar-refractivity contribution in [3.8, 4) is 11.1 Å². The summed E-state index contributed by atoms with van der Waals surface area (Å²) in [5, 5.41) is 4.21. The molecule has 2 aromatic heterocycles. The average molecular weight is 332 g/mol. The van der Waals surface area contributed by atoms with Crippen LogP contribution in [0.25, 0.3) is 21.3 Å². The van der Waals surface area contributed by atoms with Gasteiger partial charge in [0.05, 0.1) is 5.39 Å². The van der Waals surface area contributed by atoms with E-state index in [1.807, 2.05) is 12.1 Å². The number of thioether (sulfide) groups is 1. The number of aromatic nitrogens is 2. The highest BCUT2D eigenvalue weighted by Crippen LogP contribution is 2.38. The third-order valence-corrected chi connectivity index (χ3v) is 5.44. The van der Waals surface area contributed by atoms with Gasteiger partial charge in [0, 0.05) is 10.9 Å². The van der Waals surface area contributed by atoms with E-state index in [0.717, 1.165) is 32.1 Å². The largest absolute Gasteiger partial charge is 0.229 e. The summed E-state index contributed by atoms with van der Waals surface area (Å²) >= 11 is 3.40. The smallest absolute Gasteiger partial charge is 0.128 e. The number of benzene rings is 1. The van der Waals surface area contributed by atoms with Gasteiger partial charge in [-0.05, 0) is 29.9 Å². The normalized spacial score (nSPS) is 11.2. The Balaban J connectivity index is 1.95. The van der Waals surface area contributed by atoms with Crippen LogP contribution in [0.1, 0.15) is 26.2 Å². The molecular formula is C17H17FN2S2. The highest BCUT2D eigenvalue weighted by molar-refractivity contribution is 7.99. The molecule has 0 aliphatic rings. The van der Waals surface area contributed by atoms with E-state index in [-0.39, 0.29) is 5.82 Å². The minimum absolute atomic E-state index is 0.214. The van der Waals surface area contributed by atoms with E-state index in [9.17, 15) is 4.39 Å². The second-order valence-electron chi connectivity index (χ2n) is 5.07. The standard InChI is InChI=1S/C17H17FN2S2/c1-2-3-4-9-21-16-15-14(10-22-17(15)20-11-19-16)12-5-7-13(18)8-6-12/h5-8,10-11H,2-4,9H2,1H3. The first-order valence-electron chi connectivity index (χ1n) is 7.40. The van der Waals surface area contributed by atoms with Crippen LogP contribution < -0.4 is 0 Å². The van der Waals surface area contributed by atoms with Crippen LogP contribution in [0.2, 0.25) is 0 Å². The average Bonchev–Trinajstić information content (AvgIpc) is 2.97. The van der Waals surface area contributed by atoms with Crippen LogP contribution in [0, 0.1) is 5.82 Å². The summed E-state index contributed by atoms with van der Waals surface area (Å²) in [7, 11) is 0. The van der Waals surface area contributed by atoms with Gasteiger partial charge in [-0.3, -0.25) is 0 Å². The number of unbranched alkanes of at least 4 members (excludes halogenated alkanes) is 2. The van der Waals surface area contributed by atoms with Crippen molar-refractivity contribution in [2.45, 2.75) is 31.2 Å². The molecule has 0 N–H and O–H groups in total. The summed E-state index contributed by atoms with van der Waals surface area (Å²) in [6.45, 7) is 2.21. The van der Waals surface area contributed by atoms with Gasteiger partial charge in [-0.1, -0.05) is 31.9 Å². The molecule has 0 aliphatic carbocycles. The fourth-order valence-electron chi connectivity index (χ4n) is 2.32. The molecule has 1 aromatic carbocycles. The first-order chi connectivity index (χ1) is 10.8. The van der Waals surface area contributed by atoms with Crippen molar-refractivity contribution in [3.63, 3.8) is 0 Å². The second kappa shape index (κ2) is 7.20. The van der Waals surface area contributed by atoms with Gasteiger partial charge in [0.2, 0.25) is 0 Å². The Kier molecular flexibility index (Phi) is 5.05. The van der Waals surface area contributed by atoms with Gasteiger partial charge < -0.3 is 0 Å². The van der Waals surface area contributed by atoms with Gasteiger partial charge in [-0.25, -0.2) is 14.4 Å². The Morgan fingerprint density at radius 1 is 1.14 bits per heavy atom. The lowest BCUT2D eigenvalue weighted by Gasteiger charge is -2.05.